The van der Waals surface area contributed by atoms with E-state index >= 15 is 0 Å². The summed E-state index contributed by atoms with van der Waals surface area (Å²) in [5.74, 6) is -1.12. The van der Waals surface area contributed by atoms with Crippen LogP contribution in [0.5, 0.6) is 5.75 Å². The molecule has 4 rings (SSSR count). The van der Waals surface area contributed by atoms with Gasteiger partial charge in [-0.3, -0.25) is 29.1 Å². The number of likely N-dealkylation sites (tertiary alicyclic amines) is 2. The Kier molecular flexibility index (Phi) is 7.43. The highest BCUT2D eigenvalue weighted by Crippen LogP contribution is 2.40. The number of piperidine rings is 1. The lowest BCUT2D eigenvalue weighted by Crippen LogP contribution is -2.48. The number of amides is 4. The molecule has 1 aromatic heterocycles. The Hall–Kier alpha value is -3.75. The molecule has 2 atom stereocenters. The number of carbonyl (C=O) groups is 4. The van der Waals surface area contributed by atoms with E-state index in [0.29, 0.717) is 43.7 Å². The maximum Gasteiger partial charge on any atom is 0.240 e. The number of rotatable bonds is 9. The van der Waals surface area contributed by atoms with Gasteiger partial charge in [-0.1, -0.05) is 30.3 Å². The van der Waals surface area contributed by atoms with Crippen LogP contribution in [-0.2, 0) is 24.6 Å². The van der Waals surface area contributed by atoms with Crippen molar-refractivity contribution in [2.75, 3.05) is 26.2 Å². The molecule has 9 nitrogen and oxygen atoms in total. The van der Waals surface area contributed by atoms with Crippen molar-refractivity contribution in [3.05, 3.63) is 60.4 Å². The van der Waals surface area contributed by atoms with Crippen molar-refractivity contribution in [2.45, 2.75) is 37.5 Å². The highest BCUT2D eigenvalue weighted by molar-refractivity contribution is 6.10. The Balaban J connectivity index is 1.48. The molecule has 2 aromatic rings. The molecule has 0 bridgehead atoms. The van der Waals surface area contributed by atoms with E-state index in [-0.39, 0.29) is 43.7 Å². The molecule has 2 aliphatic rings. The summed E-state index contributed by atoms with van der Waals surface area (Å²) in [6, 6.07) is 12.6. The molecule has 0 aliphatic carbocycles. The third-order valence-corrected chi connectivity index (χ3v) is 6.79. The molecule has 2 unspecified atom stereocenters. The van der Waals surface area contributed by atoms with Gasteiger partial charge in [0.15, 0.2) is 0 Å². The van der Waals surface area contributed by atoms with E-state index in [4.69, 9.17) is 10.5 Å². The largest absolute Gasteiger partial charge is 0.492 e. The van der Waals surface area contributed by atoms with Gasteiger partial charge in [-0.15, -0.1) is 0 Å². The van der Waals surface area contributed by atoms with E-state index in [1.807, 2.05) is 6.07 Å². The zero-order valence-corrected chi connectivity index (χ0v) is 19.6. The van der Waals surface area contributed by atoms with Crippen molar-refractivity contribution < 1.29 is 23.9 Å². The fraction of sp³-hybridized carbons (Fsp3) is 0.423. The van der Waals surface area contributed by atoms with Gasteiger partial charge in [0.2, 0.25) is 23.6 Å². The van der Waals surface area contributed by atoms with Gasteiger partial charge in [0, 0.05) is 38.7 Å². The number of nitrogens with two attached hydrogens (primary N) is 1. The van der Waals surface area contributed by atoms with Gasteiger partial charge < -0.3 is 15.4 Å². The lowest BCUT2D eigenvalue weighted by atomic mass is 9.75. The number of hydrogen-bond donors (Lipinski definition) is 1. The van der Waals surface area contributed by atoms with Crippen LogP contribution < -0.4 is 10.5 Å². The quantitative estimate of drug-likeness (QED) is 0.432. The molecule has 184 valence electrons. The van der Waals surface area contributed by atoms with Crippen LogP contribution in [0.3, 0.4) is 0 Å². The minimum atomic E-state index is -1.26. The number of aromatic nitrogens is 1. The minimum Gasteiger partial charge on any atom is -0.492 e. The molecular formula is C26H30N4O5. The predicted molar refractivity (Wildman–Crippen MR) is 127 cm³/mol. The number of carbonyl (C=O) groups excluding carboxylic acids is 4. The maximum atomic E-state index is 13.7. The van der Waals surface area contributed by atoms with Crippen molar-refractivity contribution in [2.24, 2.45) is 11.7 Å². The van der Waals surface area contributed by atoms with E-state index in [9.17, 15) is 19.2 Å². The van der Waals surface area contributed by atoms with Crippen molar-refractivity contribution in [1.82, 2.24) is 14.8 Å². The Morgan fingerprint density at radius 2 is 1.94 bits per heavy atom. The Labute approximate surface area is 204 Å². The van der Waals surface area contributed by atoms with Crippen LogP contribution in [0.2, 0.25) is 0 Å². The van der Waals surface area contributed by atoms with Gasteiger partial charge in [-0.2, -0.15) is 0 Å². The first-order valence-electron chi connectivity index (χ1n) is 11.9. The monoisotopic (exact) mass is 478 g/mol. The maximum absolute atomic E-state index is 13.7. The normalized spacial score (nSPS) is 22.3. The number of ether oxygens (including phenoxy) is 1. The van der Waals surface area contributed by atoms with E-state index in [0.717, 1.165) is 0 Å². The average Bonchev–Trinajstić information content (AvgIpc) is 3.12. The summed E-state index contributed by atoms with van der Waals surface area (Å²) in [4.78, 5) is 58.6. The van der Waals surface area contributed by atoms with Crippen LogP contribution >= 0.6 is 0 Å². The van der Waals surface area contributed by atoms with E-state index in [1.165, 1.54) is 4.90 Å². The highest BCUT2D eigenvalue weighted by Gasteiger charge is 2.54. The molecule has 1 aromatic carbocycles. The summed E-state index contributed by atoms with van der Waals surface area (Å²) in [5.41, 5.74) is 4.85. The van der Waals surface area contributed by atoms with Gasteiger partial charge in [0.1, 0.15) is 5.75 Å². The number of nitrogens with zero attached hydrogens (tertiary/aromatic N) is 3. The van der Waals surface area contributed by atoms with Crippen LogP contribution in [0.25, 0.3) is 0 Å². The van der Waals surface area contributed by atoms with Gasteiger partial charge in [-0.25, -0.2) is 0 Å². The Bertz CT molecular complexity index is 1080. The standard InChI is InChI=1S/C26H30N4O5/c27-24(33)19-7-5-12-29(18-19)22(31)15-26(20-8-2-1-3-9-20)16-23(32)30(25(26)34)13-6-14-35-21-10-4-11-28-17-21/h1-4,8-11,17,19H,5-7,12-16,18H2,(H2,27,33). The summed E-state index contributed by atoms with van der Waals surface area (Å²) in [5, 5.41) is 0. The SMILES string of the molecule is NC(=O)C1CCCN(C(=O)CC2(c3ccccc3)CC(=O)N(CCCOc3cccnc3)C2=O)C1. The van der Waals surface area contributed by atoms with Crippen LogP contribution in [0.4, 0.5) is 0 Å². The molecule has 0 spiro atoms. The molecule has 0 saturated carbocycles. The van der Waals surface area contributed by atoms with Crippen LogP contribution in [0.15, 0.2) is 54.9 Å². The van der Waals surface area contributed by atoms with Crippen LogP contribution in [0, 0.1) is 5.92 Å². The third-order valence-electron chi connectivity index (χ3n) is 6.79. The predicted octanol–water partition coefficient (Wildman–Crippen LogP) is 1.66. The van der Waals surface area contributed by atoms with Crippen LogP contribution in [0.1, 0.15) is 37.7 Å². The van der Waals surface area contributed by atoms with Crippen molar-refractivity contribution in [3.63, 3.8) is 0 Å². The van der Waals surface area contributed by atoms with Crippen LogP contribution in [-0.4, -0.2) is 64.7 Å². The zero-order valence-electron chi connectivity index (χ0n) is 19.6. The second kappa shape index (κ2) is 10.7. The second-order valence-electron chi connectivity index (χ2n) is 9.12. The molecule has 4 amide bonds. The van der Waals surface area contributed by atoms with Gasteiger partial charge in [0.25, 0.3) is 0 Å². The van der Waals surface area contributed by atoms with Gasteiger partial charge in [0.05, 0.1) is 24.1 Å². The first kappa shape index (κ1) is 24.4. The van der Waals surface area contributed by atoms with E-state index in [1.54, 1.807) is 53.7 Å². The summed E-state index contributed by atoms with van der Waals surface area (Å²) >= 11 is 0. The minimum absolute atomic E-state index is 0.0713. The number of pyridine rings is 1. The number of primary amides is 1. The third kappa shape index (κ3) is 5.34. The lowest BCUT2D eigenvalue weighted by Gasteiger charge is -2.34. The Morgan fingerprint density at radius 3 is 2.66 bits per heavy atom. The van der Waals surface area contributed by atoms with E-state index < -0.39 is 17.2 Å². The first-order chi connectivity index (χ1) is 16.9. The summed E-state index contributed by atoms with van der Waals surface area (Å²) in [6.07, 6.45) is 4.83. The first-order valence-corrected chi connectivity index (χ1v) is 11.9. The van der Waals surface area contributed by atoms with E-state index in [2.05, 4.69) is 4.98 Å². The lowest BCUT2D eigenvalue weighted by molar-refractivity contribution is -0.143. The van der Waals surface area contributed by atoms with Crippen molar-refractivity contribution >= 4 is 23.6 Å². The van der Waals surface area contributed by atoms with Crippen molar-refractivity contribution in [1.29, 1.82) is 0 Å². The average molecular weight is 479 g/mol. The molecule has 9 heteroatoms. The number of benzene rings is 1. The molecule has 2 aliphatic heterocycles. The summed E-state index contributed by atoms with van der Waals surface area (Å²) in [7, 11) is 0. The van der Waals surface area contributed by atoms with Gasteiger partial charge in [-0.05, 0) is 37.0 Å². The molecule has 2 saturated heterocycles. The molecule has 0 radical (unpaired) electrons. The zero-order chi connectivity index (χ0) is 24.8. The number of imide groups is 1. The fourth-order valence-electron chi connectivity index (χ4n) is 4.90. The summed E-state index contributed by atoms with van der Waals surface area (Å²) < 4.78 is 5.64. The second-order valence-corrected chi connectivity index (χ2v) is 9.12. The highest BCUT2D eigenvalue weighted by atomic mass is 16.5. The smallest absolute Gasteiger partial charge is 0.240 e. The Morgan fingerprint density at radius 1 is 1.14 bits per heavy atom. The van der Waals surface area contributed by atoms with Gasteiger partial charge >= 0.3 is 0 Å². The molecular weight excluding hydrogens is 448 g/mol. The summed E-state index contributed by atoms with van der Waals surface area (Å²) in [6.45, 7) is 1.28. The topological polar surface area (TPSA) is 123 Å². The molecule has 3 heterocycles. The molecule has 35 heavy (non-hydrogen) atoms. The molecule has 2 fully saturated rings. The van der Waals surface area contributed by atoms with Crippen molar-refractivity contribution in [3.8, 4) is 5.75 Å². The fourth-order valence-corrected chi connectivity index (χ4v) is 4.90. The number of hydrogen-bond acceptors (Lipinski definition) is 6. The molecule has 2 N–H and O–H groups in total.